The van der Waals surface area contributed by atoms with Crippen LogP contribution in [-0.2, 0) is 4.79 Å². The van der Waals surface area contributed by atoms with Gasteiger partial charge in [0.2, 0.25) is 0 Å². The van der Waals surface area contributed by atoms with Crippen LogP contribution in [0.3, 0.4) is 0 Å². The standard InChI is InChI=1S/C12H12Cl2N2O4/c13-7-2-1-3-8(14)10(7)15-12(20)16-5-6(17)4-9(16)11(18)19/h1-3,6,9,17H,4-5H2,(H,15,20)(H,18,19)/t6-,9-/m0/s1. The molecule has 20 heavy (non-hydrogen) atoms. The van der Waals surface area contributed by atoms with Crippen LogP contribution in [0.2, 0.25) is 10.0 Å². The molecule has 0 bridgehead atoms. The Labute approximate surface area is 124 Å². The number of anilines is 1. The van der Waals surface area contributed by atoms with Crippen LogP contribution < -0.4 is 5.32 Å². The first kappa shape index (κ1) is 14.9. The number of hydrogen-bond acceptors (Lipinski definition) is 3. The number of β-amino-alcohol motifs (C(OH)–C–C–N with tert-alkyl or cyclic N) is 1. The van der Waals surface area contributed by atoms with Crippen LogP contribution in [0.5, 0.6) is 0 Å². The summed E-state index contributed by atoms with van der Waals surface area (Å²) < 4.78 is 0. The van der Waals surface area contributed by atoms with Gasteiger partial charge in [-0.05, 0) is 12.1 Å². The van der Waals surface area contributed by atoms with Crippen molar-refractivity contribution in [2.45, 2.75) is 18.6 Å². The first-order valence-electron chi connectivity index (χ1n) is 5.82. The molecule has 0 spiro atoms. The molecule has 1 heterocycles. The highest BCUT2D eigenvalue weighted by Crippen LogP contribution is 2.30. The van der Waals surface area contributed by atoms with E-state index in [1.54, 1.807) is 18.2 Å². The number of aliphatic hydroxyl groups is 1. The third-order valence-electron chi connectivity index (χ3n) is 3.02. The maximum Gasteiger partial charge on any atom is 0.326 e. The van der Waals surface area contributed by atoms with Gasteiger partial charge in [-0.25, -0.2) is 9.59 Å². The Morgan fingerprint density at radius 3 is 2.45 bits per heavy atom. The summed E-state index contributed by atoms with van der Waals surface area (Å²) in [6, 6.07) is 3.00. The number of benzene rings is 1. The van der Waals surface area contributed by atoms with Gasteiger partial charge in [-0.2, -0.15) is 0 Å². The number of para-hydroxylation sites is 1. The van der Waals surface area contributed by atoms with Crippen LogP contribution in [0.15, 0.2) is 18.2 Å². The topological polar surface area (TPSA) is 89.9 Å². The van der Waals surface area contributed by atoms with Crippen LogP contribution in [0.4, 0.5) is 10.5 Å². The molecule has 108 valence electrons. The molecule has 8 heteroatoms. The van der Waals surface area contributed by atoms with Crippen LogP contribution in [0.1, 0.15) is 6.42 Å². The third kappa shape index (κ3) is 2.98. The summed E-state index contributed by atoms with van der Waals surface area (Å²) in [5, 5.41) is 21.5. The van der Waals surface area contributed by atoms with Crippen molar-refractivity contribution in [2.24, 2.45) is 0 Å². The van der Waals surface area contributed by atoms with Crippen molar-refractivity contribution in [1.82, 2.24) is 4.90 Å². The molecular weight excluding hydrogens is 307 g/mol. The molecule has 1 fully saturated rings. The summed E-state index contributed by atoms with van der Waals surface area (Å²) in [6.45, 7) is -0.0507. The second kappa shape index (κ2) is 5.87. The van der Waals surface area contributed by atoms with E-state index in [2.05, 4.69) is 5.32 Å². The van der Waals surface area contributed by atoms with Crippen molar-refractivity contribution < 1.29 is 19.8 Å². The number of hydrogen-bond donors (Lipinski definition) is 3. The zero-order valence-electron chi connectivity index (χ0n) is 10.2. The summed E-state index contributed by atoms with van der Waals surface area (Å²) in [5.74, 6) is -1.16. The van der Waals surface area contributed by atoms with Gasteiger partial charge in [0.05, 0.1) is 21.8 Å². The van der Waals surface area contributed by atoms with E-state index < -0.39 is 24.1 Å². The van der Waals surface area contributed by atoms with Gasteiger partial charge in [0.25, 0.3) is 0 Å². The molecule has 2 atom stereocenters. The van der Waals surface area contributed by atoms with Gasteiger partial charge in [0, 0.05) is 13.0 Å². The minimum atomic E-state index is -1.16. The number of halogens is 2. The Balaban J connectivity index is 2.18. The number of nitrogens with one attached hydrogen (secondary N) is 1. The second-order valence-corrected chi connectivity index (χ2v) is 5.24. The van der Waals surface area contributed by atoms with Crippen LogP contribution in [0, 0.1) is 0 Å². The Kier molecular flexibility index (Phi) is 4.37. The maximum absolute atomic E-state index is 12.1. The summed E-state index contributed by atoms with van der Waals surface area (Å²) in [6.07, 6.45) is -0.859. The third-order valence-corrected chi connectivity index (χ3v) is 3.65. The molecule has 0 aliphatic carbocycles. The largest absolute Gasteiger partial charge is 0.480 e. The van der Waals surface area contributed by atoms with Crippen LogP contribution >= 0.6 is 23.2 Å². The highest BCUT2D eigenvalue weighted by molar-refractivity contribution is 6.39. The molecule has 1 saturated heterocycles. The lowest BCUT2D eigenvalue weighted by Gasteiger charge is -2.22. The van der Waals surface area contributed by atoms with Gasteiger partial charge in [-0.15, -0.1) is 0 Å². The Morgan fingerprint density at radius 1 is 1.30 bits per heavy atom. The van der Waals surface area contributed by atoms with Crippen molar-refractivity contribution in [3.8, 4) is 0 Å². The highest BCUT2D eigenvalue weighted by atomic mass is 35.5. The fraction of sp³-hybridized carbons (Fsp3) is 0.333. The number of carboxylic acid groups (broad SMARTS) is 1. The molecule has 1 aliphatic rings. The van der Waals surface area contributed by atoms with E-state index in [1.807, 2.05) is 0 Å². The summed E-state index contributed by atoms with van der Waals surface area (Å²) >= 11 is 11.8. The molecule has 1 aromatic carbocycles. The summed E-state index contributed by atoms with van der Waals surface area (Å²) in [7, 11) is 0. The number of aliphatic carboxylic acids is 1. The van der Waals surface area contributed by atoms with Gasteiger partial charge in [0.1, 0.15) is 6.04 Å². The van der Waals surface area contributed by atoms with E-state index in [1.165, 1.54) is 0 Å². The first-order valence-corrected chi connectivity index (χ1v) is 6.58. The van der Waals surface area contributed by atoms with E-state index in [9.17, 15) is 14.7 Å². The van der Waals surface area contributed by atoms with Crippen molar-refractivity contribution in [3.63, 3.8) is 0 Å². The normalized spacial score (nSPS) is 21.9. The zero-order chi connectivity index (χ0) is 14.9. The molecule has 2 amide bonds. The predicted molar refractivity (Wildman–Crippen MR) is 74.2 cm³/mol. The zero-order valence-corrected chi connectivity index (χ0v) is 11.7. The molecule has 2 rings (SSSR count). The van der Waals surface area contributed by atoms with Crippen molar-refractivity contribution in [3.05, 3.63) is 28.2 Å². The molecule has 0 unspecified atom stereocenters. The molecule has 0 saturated carbocycles. The van der Waals surface area contributed by atoms with Crippen molar-refractivity contribution in [1.29, 1.82) is 0 Å². The molecule has 0 aromatic heterocycles. The molecule has 3 N–H and O–H groups in total. The second-order valence-electron chi connectivity index (χ2n) is 4.42. The van der Waals surface area contributed by atoms with Gasteiger partial charge in [0.15, 0.2) is 0 Å². The van der Waals surface area contributed by atoms with Crippen molar-refractivity contribution >= 4 is 40.9 Å². The molecule has 1 aliphatic heterocycles. The summed E-state index contributed by atoms with van der Waals surface area (Å²) in [4.78, 5) is 24.2. The van der Waals surface area contributed by atoms with Crippen LogP contribution in [0.25, 0.3) is 0 Å². The number of urea groups is 1. The van der Waals surface area contributed by atoms with E-state index >= 15 is 0 Å². The molecule has 6 nitrogen and oxygen atoms in total. The monoisotopic (exact) mass is 318 g/mol. The Morgan fingerprint density at radius 2 is 1.90 bits per heavy atom. The lowest BCUT2D eigenvalue weighted by molar-refractivity contribution is -0.141. The smallest absolute Gasteiger partial charge is 0.326 e. The first-order chi connectivity index (χ1) is 9.40. The lowest BCUT2D eigenvalue weighted by atomic mass is 10.2. The van der Waals surface area contributed by atoms with Crippen molar-refractivity contribution in [2.75, 3.05) is 11.9 Å². The number of rotatable bonds is 2. The van der Waals surface area contributed by atoms with Gasteiger partial charge >= 0.3 is 12.0 Å². The number of carbonyl (C=O) groups excluding carboxylic acids is 1. The number of nitrogens with zero attached hydrogens (tertiary/aromatic N) is 1. The van der Waals surface area contributed by atoms with E-state index in [4.69, 9.17) is 28.3 Å². The average molecular weight is 319 g/mol. The maximum atomic E-state index is 12.1. The quantitative estimate of drug-likeness (QED) is 0.778. The molecule has 1 aromatic rings. The number of amides is 2. The minimum absolute atomic E-state index is 0.000985. The number of likely N-dealkylation sites (tertiary alicyclic amines) is 1. The van der Waals surface area contributed by atoms with E-state index in [0.717, 1.165) is 4.90 Å². The molecular formula is C12H12Cl2N2O4. The Bertz CT molecular complexity index is 532. The number of aliphatic hydroxyl groups excluding tert-OH is 1. The summed E-state index contributed by atoms with van der Waals surface area (Å²) in [5.41, 5.74) is 0.214. The van der Waals surface area contributed by atoms with Gasteiger partial charge in [-0.3, -0.25) is 0 Å². The fourth-order valence-corrected chi connectivity index (χ4v) is 2.56. The fourth-order valence-electron chi connectivity index (χ4n) is 2.07. The Hall–Kier alpha value is -1.50. The van der Waals surface area contributed by atoms with E-state index in [-0.39, 0.29) is 28.7 Å². The number of carbonyl (C=O) groups is 2. The van der Waals surface area contributed by atoms with Gasteiger partial charge in [-0.1, -0.05) is 29.3 Å². The SMILES string of the molecule is O=C(O)[C@@H]1C[C@H](O)CN1C(=O)Nc1c(Cl)cccc1Cl. The predicted octanol–water partition coefficient (Wildman–Crippen LogP) is 2.05. The van der Waals surface area contributed by atoms with E-state index in [0.29, 0.717) is 0 Å². The minimum Gasteiger partial charge on any atom is -0.480 e. The number of carboxylic acids is 1. The van der Waals surface area contributed by atoms with Crippen LogP contribution in [-0.4, -0.2) is 45.8 Å². The molecule has 0 radical (unpaired) electrons. The highest BCUT2D eigenvalue weighted by Gasteiger charge is 2.39. The lowest BCUT2D eigenvalue weighted by Crippen LogP contribution is -2.43. The average Bonchev–Trinajstić information content (AvgIpc) is 2.76. The van der Waals surface area contributed by atoms with Gasteiger partial charge < -0.3 is 20.4 Å².